The van der Waals surface area contributed by atoms with Gasteiger partial charge in [-0.2, -0.15) is 0 Å². The van der Waals surface area contributed by atoms with E-state index in [0.29, 0.717) is 40.9 Å². The van der Waals surface area contributed by atoms with E-state index in [0.717, 1.165) is 5.56 Å². The van der Waals surface area contributed by atoms with Crippen LogP contribution in [0.1, 0.15) is 11.1 Å². The van der Waals surface area contributed by atoms with E-state index in [9.17, 15) is 0 Å². The summed E-state index contributed by atoms with van der Waals surface area (Å²) in [7, 11) is 4.67. The van der Waals surface area contributed by atoms with Crippen molar-refractivity contribution in [2.75, 3.05) is 32.8 Å². The second-order valence-electron chi connectivity index (χ2n) is 4.53. The predicted octanol–water partition coefficient (Wildman–Crippen LogP) is 1.54. The van der Waals surface area contributed by atoms with E-state index in [-0.39, 0.29) is 56.2 Å². The van der Waals surface area contributed by atoms with Crippen molar-refractivity contribution in [3.8, 4) is 17.2 Å². The van der Waals surface area contributed by atoms with Crippen molar-refractivity contribution < 1.29 is 14.2 Å². The molecule has 0 aliphatic heterocycles. The van der Waals surface area contributed by atoms with Gasteiger partial charge in [-0.15, -0.1) is 0 Å². The van der Waals surface area contributed by atoms with Gasteiger partial charge in [-0.05, 0) is 29.9 Å². The molecule has 119 valence electrons. The number of nitrogen functional groups attached to an aromatic ring is 2. The number of benzene rings is 1. The Balaban J connectivity index is 0.00000264. The Morgan fingerprint density at radius 3 is 2.09 bits per heavy atom. The number of rotatable bonds is 5. The van der Waals surface area contributed by atoms with Gasteiger partial charge in [0.25, 0.3) is 0 Å². The van der Waals surface area contributed by atoms with Crippen LogP contribution in [0.3, 0.4) is 0 Å². The van der Waals surface area contributed by atoms with Gasteiger partial charge in [0.15, 0.2) is 16.3 Å². The molecular formula is C14H18KN4O3S. The maximum absolute atomic E-state index is 5.94. The Morgan fingerprint density at radius 2 is 1.65 bits per heavy atom. The summed E-state index contributed by atoms with van der Waals surface area (Å²) in [6.07, 6.45) is 0.452. The zero-order valence-corrected chi connectivity index (χ0v) is 17.5. The van der Waals surface area contributed by atoms with E-state index in [1.807, 2.05) is 12.1 Å². The van der Waals surface area contributed by atoms with Gasteiger partial charge < -0.3 is 30.7 Å². The smallest absolute Gasteiger partial charge is 0.203 e. The number of aromatic nitrogens is 2. The van der Waals surface area contributed by atoms with Crippen LogP contribution in [0.4, 0.5) is 11.6 Å². The normalized spacial score (nSPS) is 9.87. The third kappa shape index (κ3) is 4.58. The molecule has 2 aromatic rings. The molecule has 0 fully saturated rings. The Hall–Kier alpha value is -0.844. The van der Waals surface area contributed by atoms with Gasteiger partial charge in [-0.3, -0.25) is 0 Å². The Morgan fingerprint density at radius 1 is 1.09 bits per heavy atom. The van der Waals surface area contributed by atoms with Gasteiger partial charge >= 0.3 is 0 Å². The molecule has 0 saturated heterocycles. The molecule has 5 N–H and O–H groups in total. The van der Waals surface area contributed by atoms with Gasteiger partial charge in [0, 0.05) is 63.4 Å². The molecule has 23 heavy (non-hydrogen) atoms. The first-order valence-corrected chi connectivity index (χ1v) is 6.84. The van der Waals surface area contributed by atoms with E-state index < -0.39 is 0 Å². The minimum absolute atomic E-state index is 0. The molecule has 0 saturated carbocycles. The summed E-state index contributed by atoms with van der Waals surface area (Å²) in [4.78, 5) is 6.81. The summed E-state index contributed by atoms with van der Waals surface area (Å²) in [5.41, 5.74) is 13.4. The average Bonchev–Trinajstić information content (AvgIpc) is 2.49. The SMILES string of the molecule is COc1cc(Cc2c(N)nc(=S)[nH]c2N)cc(OC)c1OC.[K]. The first-order valence-electron chi connectivity index (χ1n) is 6.43. The van der Waals surface area contributed by atoms with Gasteiger partial charge in [0.05, 0.1) is 21.3 Å². The van der Waals surface area contributed by atoms with Crippen LogP contribution in [0.25, 0.3) is 0 Å². The summed E-state index contributed by atoms with van der Waals surface area (Å²) >= 11 is 4.94. The summed E-state index contributed by atoms with van der Waals surface area (Å²) in [6, 6.07) is 3.67. The maximum Gasteiger partial charge on any atom is 0.203 e. The van der Waals surface area contributed by atoms with Gasteiger partial charge in [0.2, 0.25) is 5.75 Å². The number of nitrogens with zero attached hydrogens (tertiary/aromatic N) is 1. The Bertz CT molecular complexity index is 700. The number of ether oxygens (including phenoxy) is 3. The number of anilines is 2. The molecule has 1 aromatic heterocycles. The molecule has 1 aromatic carbocycles. The Labute approximate surface area is 182 Å². The number of hydrogen-bond donors (Lipinski definition) is 3. The number of aromatic amines is 1. The fourth-order valence-electron chi connectivity index (χ4n) is 2.16. The molecule has 0 spiro atoms. The maximum atomic E-state index is 5.94. The molecule has 9 heteroatoms. The van der Waals surface area contributed by atoms with Gasteiger partial charge in [0.1, 0.15) is 11.6 Å². The van der Waals surface area contributed by atoms with E-state index in [1.54, 1.807) is 21.3 Å². The summed E-state index contributed by atoms with van der Waals surface area (Å²) in [5.74, 6) is 2.35. The number of H-pyrrole nitrogens is 1. The minimum atomic E-state index is 0. The number of hydrogen-bond acceptors (Lipinski definition) is 7. The van der Waals surface area contributed by atoms with E-state index >= 15 is 0 Å². The monoisotopic (exact) mass is 361 g/mol. The van der Waals surface area contributed by atoms with E-state index in [1.165, 1.54) is 0 Å². The topological polar surface area (TPSA) is 108 Å². The number of nitrogens with one attached hydrogen (secondary N) is 1. The van der Waals surface area contributed by atoms with Gasteiger partial charge in [-0.25, -0.2) is 4.98 Å². The first kappa shape index (κ1) is 20.2. The quantitative estimate of drug-likeness (QED) is 0.547. The molecule has 0 unspecified atom stereocenters. The molecule has 0 aliphatic carbocycles. The molecule has 1 heterocycles. The zero-order chi connectivity index (χ0) is 16.3. The molecular weight excluding hydrogens is 343 g/mol. The standard InChI is InChI=1S/C14H18N4O3S.K/c1-19-9-5-7(6-10(20-2)11(9)21-3)4-8-12(15)17-14(22)18-13(8)16;/h5-6H,4H2,1-3H3,(H5,15,16,17,18,22);. The van der Waals surface area contributed by atoms with E-state index in [2.05, 4.69) is 9.97 Å². The van der Waals surface area contributed by atoms with Crippen molar-refractivity contribution in [1.82, 2.24) is 9.97 Å². The van der Waals surface area contributed by atoms with Crippen molar-refractivity contribution in [2.45, 2.75) is 6.42 Å². The van der Waals surface area contributed by atoms with Crippen LogP contribution in [-0.2, 0) is 6.42 Å². The van der Waals surface area contributed by atoms with Crippen molar-refractivity contribution in [2.24, 2.45) is 0 Å². The van der Waals surface area contributed by atoms with Crippen molar-refractivity contribution in [3.63, 3.8) is 0 Å². The fourth-order valence-corrected chi connectivity index (χ4v) is 2.37. The largest absolute Gasteiger partial charge is 0.493 e. The van der Waals surface area contributed by atoms with Crippen LogP contribution >= 0.6 is 12.2 Å². The van der Waals surface area contributed by atoms with Crippen LogP contribution in [0.5, 0.6) is 17.2 Å². The fraction of sp³-hybridized carbons (Fsp3) is 0.286. The molecule has 1 radical (unpaired) electrons. The molecule has 7 nitrogen and oxygen atoms in total. The molecule has 0 aliphatic rings. The number of nitrogens with two attached hydrogens (primary N) is 2. The number of methoxy groups -OCH3 is 3. The van der Waals surface area contributed by atoms with Crippen LogP contribution in [0.2, 0.25) is 0 Å². The van der Waals surface area contributed by atoms with Crippen LogP contribution < -0.4 is 25.7 Å². The van der Waals surface area contributed by atoms with E-state index in [4.69, 9.17) is 37.9 Å². The van der Waals surface area contributed by atoms with Crippen molar-refractivity contribution in [1.29, 1.82) is 0 Å². The average molecular weight is 361 g/mol. The van der Waals surface area contributed by atoms with Crippen LogP contribution in [-0.4, -0.2) is 82.7 Å². The van der Waals surface area contributed by atoms with Gasteiger partial charge in [-0.1, -0.05) is 0 Å². The molecule has 0 amide bonds. The predicted molar refractivity (Wildman–Crippen MR) is 92.9 cm³/mol. The Kier molecular flexibility index (Phi) is 7.78. The molecule has 0 bridgehead atoms. The van der Waals surface area contributed by atoms with Crippen molar-refractivity contribution >= 4 is 75.2 Å². The second-order valence-corrected chi connectivity index (χ2v) is 4.92. The van der Waals surface area contributed by atoms with Crippen molar-refractivity contribution in [3.05, 3.63) is 28.0 Å². The van der Waals surface area contributed by atoms with Crippen LogP contribution in [0.15, 0.2) is 12.1 Å². The second kappa shape index (κ2) is 8.85. The van der Waals surface area contributed by atoms with Crippen LogP contribution in [0, 0.1) is 4.77 Å². The third-order valence-electron chi connectivity index (χ3n) is 3.20. The summed E-state index contributed by atoms with van der Waals surface area (Å²) < 4.78 is 16.2. The minimum Gasteiger partial charge on any atom is -0.493 e. The third-order valence-corrected chi connectivity index (χ3v) is 3.40. The molecule has 0 atom stereocenters. The summed E-state index contributed by atoms with van der Waals surface area (Å²) in [5, 5.41) is 0. The zero-order valence-electron chi connectivity index (χ0n) is 13.6. The summed E-state index contributed by atoms with van der Waals surface area (Å²) in [6.45, 7) is 0. The molecule has 2 rings (SSSR count). The first-order chi connectivity index (χ1) is 10.5.